The smallest absolute Gasteiger partial charge is 0.211 e. The molecule has 0 saturated carbocycles. The first-order valence-corrected chi connectivity index (χ1v) is 10.2. The zero-order chi connectivity index (χ0) is 17.2. The number of rotatable bonds is 4. The highest BCUT2D eigenvalue weighted by Gasteiger charge is 2.27. The van der Waals surface area contributed by atoms with Gasteiger partial charge >= 0.3 is 0 Å². The Morgan fingerprint density at radius 1 is 1.21 bits per heavy atom. The van der Waals surface area contributed by atoms with Crippen molar-refractivity contribution in [3.63, 3.8) is 0 Å². The van der Waals surface area contributed by atoms with Crippen LogP contribution < -0.4 is 0 Å². The summed E-state index contributed by atoms with van der Waals surface area (Å²) in [6, 6.07) is 14.6. The lowest BCUT2D eigenvalue weighted by Gasteiger charge is -2.30. The van der Waals surface area contributed by atoms with Crippen LogP contribution in [0.5, 0.6) is 0 Å². The normalized spacial score (nSPS) is 19.3. The molecule has 2 aromatic rings. The molecule has 0 aliphatic carbocycles. The molecule has 0 unspecified atom stereocenters. The van der Waals surface area contributed by atoms with E-state index in [1.807, 2.05) is 18.2 Å². The SMILES string of the molecule is Cc1cccc(Cc2cccc([C@@H]3CCCN(S(C)(=O)=O)C3)n2)c1. The van der Waals surface area contributed by atoms with Crippen LogP contribution in [-0.4, -0.2) is 37.1 Å². The van der Waals surface area contributed by atoms with E-state index in [1.165, 1.54) is 17.4 Å². The first-order valence-electron chi connectivity index (χ1n) is 8.38. The maximum absolute atomic E-state index is 11.8. The van der Waals surface area contributed by atoms with Gasteiger partial charge in [0.1, 0.15) is 0 Å². The molecule has 3 rings (SSSR count). The van der Waals surface area contributed by atoms with E-state index in [0.717, 1.165) is 30.7 Å². The van der Waals surface area contributed by atoms with Crippen molar-refractivity contribution in [2.24, 2.45) is 0 Å². The van der Waals surface area contributed by atoms with Crippen LogP contribution in [0.3, 0.4) is 0 Å². The highest BCUT2D eigenvalue weighted by atomic mass is 32.2. The number of aromatic nitrogens is 1. The lowest BCUT2D eigenvalue weighted by atomic mass is 9.95. The molecule has 128 valence electrons. The number of aryl methyl sites for hydroxylation is 1. The molecule has 0 spiro atoms. The summed E-state index contributed by atoms with van der Waals surface area (Å²) < 4.78 is 25.2. The van der Waals surface area contributed by atoms with E-state index >= 15 is 0 Å². The molecule has 0 amide bonds. The molecule has 1 aliphatic heterocycles. The third kappa shape index (κ3) is 4.22. The average Bonchev–Trinajstić information content (AvgIpc) is 2.54. The van der Waals surface area contributed by atoms with Gasteiger partial charge in [0.15, 0.2) is 0 Å². The van der Waals surface area contributed by atoms with Gasteiger partial charge < -0.3 is 0 Å². The highest BCUT2D eigenvalue weighted by molar-refractivity contribution is 7.88. The van der Waals surface area contributed by atoms with Gasteiger partial charge in [-0.2, -0.15) is 0 Å². The second-order valence-electron chi connectivity index (χ2n) is 6.68. The number of hydrogen-bond acceptors (Lipinski definition) is 3. The number of benzene rings is 1. The molecule has 4 nitrogen and oxygen atoms in total. The van der Waals surface area contributed by atoms with E-state index < -0.39 is 10.0 Å². The van der Waals surface area contributed by atoms with Crippen LogP contribution in [0.1, 0.15) is 41.3 Å². The van der Waals surface area contributed by atoms with E-state index in [9.17, 15) is 8.42 Å². The Morgan fingerprint density at radius 2 is 2.00 bits per heavy atom. The van der Waals surface area contributed by atoms with Crippen molar-refractivity contribution < 1.29 is 8.42 Å². The minimum absolute atomic E-state index is 0.186. The summed E-state index contributed by atoms with van der Waals surface area (Å²) in [5, 5.41) is 0. The summed E-state index contributed by atoms with van der Waals surface area (Å²) in [5.74, 6) is 0.186. The summed E-state index contributed by atoms with van der Waals surface area (Å²) in [6.07, 6.45) is 3.98. The van der Waals surface area contributed by atoms with Crippen LogP contribution in [-0.2, 0) is 16.4 Å². The van der Waals surface area contributed by atoms with Gasteiger partial charge in [-0.05, 0) is 37.5 Å². The molecule has 1 atom stereocenters. The van der Waals surface area contributed by atoms with Crippen LogP contribution in [0, 0.1) is 6.92 Å². The minimum atomic E-state index is -3.12. The third-order valence-electron chi connectivity index (χ3n) is 4.57. The molecule has 0 radical (unpaired) electrons. The summed E-state index contributed by atoms with van der Waals surface area (Å²) >= 11 is 0. The summed E-state index contributed by atoms with van der Waals surface area (Å²) in [5.41, 5.74) is 4.55. The van der Waals surface area contributed by atoms with Gasteiger partial charge in [0.2, 0.25) is 10.0 Å². The van der Waals surface area contributed by atoms with E-state index in [1.54, 1.807) is 4.31 Å². The van der Waals surface area contributed by atoms with Crippen molar-refractivity contribution in [3.8, 4) is 0 Å². The first-order chi connectivity index (χ1) is 11.4. The fraction of sp³-hybridized carbons (Fsp3) is 0.421. The maximum atomic E-state index is 11.8. The minimum Gasteiger partial charge on any atom is -0.257 e. The number of pyridine rings is 1. The molecule has 5 heteroatoms. The van der Waals surface area contributed by atoms with Crippen LogP contribution in [0.4, 0.5) is 0 Å². The number of piperidine rings is 1. The Morgan fingerprint density at radius 3 is 2.75 bits per heavy atom. The standard InChI is InChI=1S/C19H24N2O2S/c1-15-6-3-7-16(12-15)13-18-9-4-10-19(20-18)17-8-5-11-21(14-17)24(2,22)23/h3-4,6-7,9-10,12,17H,5,8,11,13-14H2,1-2H3/t17-/m1/s1. The number of sulfonamides is 1. The number of nitrogens with zero attached hydrogens (tertiary/aromatic N) is 2. The van der Waals surface area contributed by atoms with E-state index in [-0.39, 0.29) is 5.92 Å². The average molecular weight is 344 g/mol. The fourth-order valence-corrected chi connectivity index (χ4v) is 4.25. The molecule has 1 aromatic carbocycles. The van der Waals surface area contributed by atoms with Crippen molar-refractivity contribution >= 4 is 10.0 Å². The second kappa shape index (κ2) is 7.03. The second-order valence-corrected chi connectivity index (χ2v) is 8.66. The van der Waals surface area contributed by atoms with Gasteiger partial charge in [0, 0.05) is 36.8 Å². The van der Waals surface area contributed by atoms with Crippen molar-refractivity contribution in [1.29, 1.82) is 0 Å². The largest absolute Gasteiger partial charge is 0.257 e. The molecule has 1 aliphatic rings. The molecular formula is C19H24N2O2S. The van der Waals surface area contributed by atoms with Gasteiger partial charge in [0.25, 0.3) is 0 Å². The molecular weight excluding hydrogens is 320 g/mol. The molecule has 0 bridgehead atoms. The lowest BCUT2D eigenvalue weighted by Crippen LogP contribution is -2.38. The van der Waals surface area contributed by atoms with E-state index in [4.69, 9.17) is 4.98 Å². The molecule has 24 heavy (non-hydrogen) atoms. The summed E-state index contributed by atoms with van der Waals surface area (Å²) in [6.45, 7) is 3.26. The van der Waals surface area contributed by atoms with Gasteiger partial charge in [0.05, 0.1) is 6.26 Å². The van der Waals surface area contributed by atoms with Crippen LogP contribution in [0.2, 0.25) is 0 Å². The fourth-order valence-electron chi connectivity index (χ4n) is 3.34. The van der Waals surface area contributed by atoms with Crippen molar-refractivity contribution in [2.45, 2.75) is 32.1 Å². The van der Waals surface area contributed by atoms with Crippen LogP contribution in [0.25, 0.3) is 0 Å². The lowest BCUT2D eigenvalue weighted by molar-refractivity contribution is 0.314. The number of hydrogen-bond donors (Lipinski definition) is 0. The zero-order valence-electron chi connectivity index (χ0n) is 14.3. The van der Waals surface area contributed by atoms with Crippen molar-refractivity contribution in [2.75, 3.05) is 19.3 Å². The Bertz CT molecular complexity index is 818. The van der Waals surface area contributed by atoms with Gasteiger partial charge in [-0.15, -0.1) is 0 Å². The Kier molecular flexibility index (Phi) is 5.01. The van der Waals surface area contributed by atoms with E-state index in [2.05, 4.69) is 31.2 Å². The van der Waals surface area contributed by atoms with Gasteiger partial charge in [-0.1, -0.05) is 35.9 Å². The molecule has 2 heterocycles. The van der Waals surface area contributed by atoms with Gasteiger partial charge in [-0.3, -0.25) is 4.98 Å². The Labute approximate surface area is 144 Å². The third-order valence-corrected chi connectivity index (χ3v) is 5.84. The molecule has 0 N–H and O–H groups in total. The Hall–Kier alpha value is -1.72. The topological polar surface area (TPSA) is 50.3 Å². The van der Waals surface area contributed by atoms with E-state index in [0.29, 0.717) is 13.1 Å². The Balaban J connectivity index is 1.77. The molecule has 1 aromatic heterocycles. The van der Waals surface area contributed by atoms with Crippen molar-refractivity contribution in [3.05, 3.63) is 65.0 Å². The quantitative estimate of drug-likeness (QED) is 0.856. The molecule has 1 saturated heterocycles. The predicted molar refractivity (Wildman–Crippen MR) is 96.6 cm³/mol. The summed E-state index contributed by atoms with van der Waals surface area (Å²) in [4.78, 5) is 4.82. The zero-order valence-corrected chi connectivity index (χ0v) is 15.1. The van der Waals surface area contributed by atoms with Crippen molar-refractivity contribution in [1.82, 2.24) is 9.29 Å². The highest BCUT2D eigenvalue weighted by Crippen LogP contribution is 2.27. The van der Waals surface area contributed by atoms with Crippen LogP contribution >= 0.6 is 0 Å². The monoisotopic (exact) mass is 344 g/mol. The summed E-state index contributed by atoms with van der Waals surface area (Å²) in [7, 11) is -3.12. The van der Waals surface area contributed by atoms with Crippen LogP contribution in [0.15, 0.2) is 42.5 Å². The predicted octanol–water partition coefficient (Wildman–Crippen LogP) is 3.12. The first kappa shape index (κ1) is 17.1. The maximum Gasteiger partial charge on any atom is 0.211 e. The molecule has 1 fully saturated rings. The van der Waals surface area contributed by atoms with Gasteiger partial charge in [-0.25, -0.2) is 12.7 Å².